The Kier molecular flexibility index (Phi) is 4.76. The van der Waals surface area contributed by atoms with Crippen LogP contribution in [0.1, 0.15) is 19.3 Å². The standard InChI is InChI=1S/C15H16ClF2NO/c1-9-10(2-7-13(16)15(9)18)8-14(20)19-12-5-3-11(17)4-6-12/h3-6,10,13,15H,1-2,7-8H2,(H,19,20). The number of halogens is 3. The third-order valence-corrected chi connectivity index (χ3v) is 3.99. The molecule has 1 saturated carbocycles. The summed E-state index contributed by atoms with van der Waals surface area (Å²) in [4.78, 5) is 11.9. The second kappa shape index (κ2) is 6.35. The van der Waals surface area contributed by atoms with Crippen molar-refractivity contribution in [2.45, 2.75) is 30.8 Å². The smallest absolute Gasteiger partial charge is 0.224 e. The van der Waals surface area contributed by atoms with Crippen molar-refractivity contribution in [3.8, 4) is 0 Å². The van der Waals surface area contributed by atoms with Gasteiger partial charge in [0.05, 0.1) is 5.38 Å². The normalized spacial score (nSPS) is 26.4. The molecule has 3 unspecified atom stereocenters. The van der Waals surface area contributed by atoms with Gasteiger partial charge in [0.2, 0.25) is 5.91 Å². The van der Waals surface area contributed by atoms with Crippen molar-refractivity contribution in [1.82, 2.24) is 0 Å². The molecule has 0 spiro atoms. The Morgan fingerprint density at radius 3 is 2.65 bits per heavy atom. The zero-order valence-electron chi connectivity index (χ0n) is 10.9. The van der Waals surface area contributed by atoms with E-state index in [1.54, 1.807) is 0 Å². The predicted octanol–water partition coefficient (Wildman–Crippen LogP) is 4.07. The minimum atomic E-state index is -1.26. The number of amides is 1. The van der Waals surface area contributed by atoms with Crippen molar-refractivity contribution in [3.05, 3.63) is 42.2 Å². The zero-order valence-corrected chi connectivity index (χ0v) is 11.7. The molecule has 0 aliphatic heterocycles. The molecule has 1 aliphatic rings. The molecule has 0 bridgehead atoms. The number of nitrogens with one attached hydrogen (secondary N) is 1. The van der Waals surface area contributed by atoms with Crippen molar-refractivity contribution >= 4 is 23.2 Å². The monoisotopic (exact) mass is 299 g/mol. The van der Waals surface area contributed by atoms with Gasteiger partial charge in [-0.2, -0.15) is 0 Å². The molecular formula is C15H16ClF2NO. The lowest BCUT2D eigenvalue weighted by Gasteiger charge is -2.30. The van der Waals surface area contributed by atoms with Crippen LogP contribution in [0.3, 0.4) is 0 Å². The summed E-state index contributed by atoms with van der Waals surface area (Å²) < 4.78 is 26.5. The third kappa shape index (κ3) is 3.57. The quantitative estimate of drug-likeness (QED) is 0.661. The Bertz CT molecular complexity index is 503. The van der Waals surface area contributed by atoms with Crippen LogP contribution in [-0.2, 0) is 4.79 Å². The molecule has 0 heterocycles. The summed E-state index contributed by atoms with van der Waals surface area (Å²) in [6, 6.07) is 5.50. The van der Waals surface area contributed by atoms with Crippen LogP contribution in [0.2, 0.25) is 0 Å². The molecule has 2 rings (SSSR count). The Hall–Kier alpha value is -1.42. The summed E-state index contributed by atoms with van der Waals surface area (Å²) in [5.41, 5.74) is 0.912. The summed E-state index contributed by atoms with van der Waals surface area (Å²) in [6.45, 7) is 3.71. The van der Waals surface area contributed by atoms with Crippen molar-refractivity contribution in [2.24, 2.45) is 5.92 Å². The van der Waals surface area contributed by atoms with Gasteiger partial charge in [0.15, 0.2) is 0 Å². The fourth-order valence-corrected chi connectivity index (χ4v) is 2.64. The zero-order chi connectivity index (χ0) is 14.7. The average Bonchev–Trinajstić information content (AvgIpc) is 2.42. The molecule has 1 aliphatic carbocycles. The van der Waals surface area contributed by atoms with Crippen LogP contribution in [0.4, 0.5) is 14.5 Å². The second-order valence-corrected chi connectivity index (χ2v) is 5.59. The first-order valence-electron chi connectivity index (χ1n) is 6.49. The van der Waals surface area contributed by atoms with Crippen molar-refractivity contribution in [3.63, 3.8) is 0 Å². The molecule has 1 aromatic rings. The van der Waals surface area contributed by atoms with Gasteiger partial charge in [0.25, 0.3) is 0 Å². The lowest BCUT2D eigenvalue weighted by atomic mass is 9.81. The molecule has 108 valence electrons. The summed E-state index contributed by atoms with van der Waals surface area (Å²) in [7, 11) is 0. The van der Waals surface area contributed by atoms with Gasteiger partial charge in [-0.3, -0.25) is 4.79 Å². The number of carbonyl (C=O) groups is 1. The van der Waals surface area contributed by atoms with E-state index in [1.807, 2.05) is 0 Å². The number of anilines is 1. The van der Waals surface area contributed by atoms with Gasteiger partial charge in [-0.15, -0.1) is 11.6 Å². The largest absolute Gasteiger partial charge is 0.326 e. The van der Waals surface area contributed by atoms with E-state index < -0.39 is 11.5 Å². The molecule has 20 heavy (non-hydrogen) atoms. The molecule has 1 fully saturated rings. The van der Waals surface area contributed by atoms with E-state index in [0.29, 0.717) is 24.1 Å². The van der Waals surface area contributed by atoms with Gasteiger partial charge in [0.1, 0.15) is 12.0 Å². The highest BCUT2D eigenvalue weighted by molar-refractivity contribution is 6.21. The first kappa shape index (κ1) is 15.0. The number of alkyl halides is 2. The summed E-state index contributed by atoms with van der Waals surface area (Å²) >= 11 is 5.84. The van der Waals surface area contributed by atoms with Gasteiger partial charge in [-0.05, 0) is 48.6 Å². The number of benzene rings is 1. The first-order valence-corrected chi connectivity index (χ1v) is 6.93. The fraction of sp³-hybridized carbons (Fsp3) is 0.400. The van der Waals surface area contributed by atoms with Crippen molar-refractivity contribution < 1.29 is 13.6 Å². The van der Waals surface area contributed by atoms with Crippen LogP contribution < -0.4 is 5.32 Å². The molecule has 0 radical (unpaired) electrons. The Balaban J connectivity index is 1.91. The third-order valence-electron chi connectivity index (χ3n) is 3.55. The molecule has 1 aromatic carbocycles. The Morgan fingerprint density at radius 2 is 2.00 bits per heavy atom. The minimum Gasteiger partial charge on any atom is -0.326 e. The van der Waals surface area contributed by atoms with Crippen LogP contribution in [0.25, 0.3) is 0 Å². The lowest BCUT2D eigenvalue weighted by molar-refractivity contribution is -0.117. The maximum atomic E-state index is 13.7. The molecule has 3 atom stereocenters. The van der Waals surface area contributed by atoms with Crippen LogP contribution in [0.15, 0.2) is 36.4 Å². The molecule has 0 aromatic heterocycles. The maximum absolute atomic E-state index is 13.7. The molecule has 1 N–H and O–H groups in total. The van der Waals surface area contributed by atoms with E-state index in [0.717, 1.165) is 0 Å². The van der Waals surface area contributed by atoms with Crippen molar-refractivity contribution in [2.75, 3.05) is 5.32 Å². The number of rotatable bonds is 3. The first-order chi connectivity index (χ1) is 9.47. The SMILES string of the molecule is C=C1C(CC(=O)Nc2ccc(F)cc2)CCC(Cl)C1F. The van der Waals surface area contributed by atoms with Crippen molar-refractivity contribution in [1.29, 1.82) is 0 Å². The van der Waals surface area contributed by atoms with E-state index in [-0.39, 0.29) is 24.1 Å². The lowest BCUT2D eigenvalue weighted by Crippen LogP contribution is -2.31. The number of hydrogen-bond donors (Lipinski definition) is 1. The van der Waals surface area contributed by atoms with Gasteiger partial charge in [-0.25, -0.2) is 8.78 Å². The molecule has 5 heteroatoms. The molecule has 0 saturated heterocycles. The summed E-state index contributed by atoms with van der Waals surface area (Å²) in [5.74, 6) is -0.791. The van der Waals surface area contributed by atoms with E-state index >= 15 is 0 Å². The van der Waals surface area contributed by atoms with Gasteiger partial charge < -0.3 is 5.32 Å². The highest BCUT2D eigenvalue weighted by atomic mass is 35.5. The fourth-order valence-electron chi connectivity index (χ4n) is 2.35. The van der Waals surface area contributed by atoms with Gasteiger partial charge >= 0.3 is 0 Å². The second-order valence-electron chi connectivity index (χ2n) is 5.03. The van der Waals surface area contributed by atoms with Crippen LogP contribution in [0.5, 0.6) is 0 Å². The summed E-state index contributed by atoms with van der Waals surface area (Å²) in [5, 5.41) is 2.12. The van der Waals surface area contributed by atoms with Crippen LogP contribution in [0, 0.1) is 11.7 Å². The number of carbonyl (C=O) groups excluding carboxylic acids is 1. The molecule has 1 amide bonds. The highest BCUT2D eigenvalue weighted by Crippen LogP contribution is 2.35. The summed E-state index contributed by atoms with van der Waals surface area (Å²) in [6.07, 6.45) is 0.106. The van der Waals surface area contributed by atoms with Gasteiger partial charge in [0, 0.05) is 12.1 Å². The minimum absolute atomic E-state index is 0.167. The predicted molar refractivity (Wildman–Crippen MR) is 76.0 cm³/mol. The molecule has 2 nitrogen and oxygen atoms in total. The van der Waals surface area contributed by atoms with E-state index in [1.165, 1.54) is 24.3 Å². The Labute approximate surface area is 121 Å². The molecular weight excluding hydrogens is 284 g/mol. The van der Waals surface area contributed by atoms with E-state index in [2.05, 4.69) is 11.9 Å². The number of hydrogen-bond acceptors (Lipinski definition) is 1. The Morgan fingerprint density at radius 1 is 1.35 bits per heavy atom. The van der Waals surface area contributed by atoms with Crippen LogP contribution in [-0.4, -0.2) is 17.5 Å². The average molecular weight is 300 g/mol. The maximum Gasteiger partial charge on any atom is 0.224 e. The topological polar surface area (TPSA) is 29.1 Å². The highest BCUT2D eigenvalue weighted by Gasteiger charge is 2.33. The van der Waals surface area contributed by atoms with E-state index in [9.17, 15) is 13.6 Å². The number of allylic oxidation sites excluding steroid dienone is 1. The van der Waals surface area contributed by atoms with E-state index in [4.69, 9.17) is 11.6 Å². The van der Waals surface area contributed by atoms with Gasteiger partial charge in [-0.1, -0.05) is 6.58 Å². The van der Waals surface area contributed by atoms with Crippen LogP contribution >= 0.6 is 11.6 Å².